The zero-order valence-electron chi connectivity index (χ0n) is 17.0. The number of aromatic nitrogens is 3. The Labute approximate surface area is 174 Å². The van der Waals surface area contributed by atoms with Gasteiger partial charge in [-0.25, -0.2) is 9.37 Å². The van der Waals surface area contributed by atoms with Gasteiger partial charge in [0, 0.05) is 18.4 Å². The van der Waals surface area contributed by atoms with E-state index in [1.165, 1.54) is 18.3 Å². The summed E-state index contributed by atoms with van der Waals surface area (Å²) in [5, 5.41) is 0. The zero-order chi connectivity index (χ0) is 21.1. The molecule has 1 amide bonds. The van der Waals surface area contributed by atoms with E-state index in [9.17, 15) is 9.18 Å². The van der Waals surface area contributed by atoms with Crippen LogP contribution >= 0.6 is 0 Å². The Hall–Kier alpha value is -3.19. The molecule has 0 unspecified atom stereocenters. The molecule has 0 N–H and O–H groups in total. The Morgan fingerprint density at radius 3 is 2.77 bits per heavy atom. The topological polar surface area (TPSA) is 68.2 Å². The molecule has 1 aliphatic rings. The predicted molar refractivity (Wildman–Crippen MR) is 110 cm³/mol. The van der Waals surface area contributed by atoms with Crippen LogP contribution in [0, 0.1) is 19.7 Å². The predicted octanol–water partition coefficient (Wildman–Crippen LogP) is 3.43. The van der Waals surface area contributed by atoms with Crippen molar-refractivity contribution in [3.8, 4) is 0 Å². The Morgan fingerprint density at radius 1 is 1.13 bits per heavy atom. The molecule has 1 fully saturated rings. The number of nitrogens with zero attached hydrogens (tertiary/aromatic N) is 4. The molecule has 7 heteroatoms. The molecule has 6 nitrogen and oxygen atoms in total. The van der Waals surface area contributed by atoms with E-state index in [0.717, 1.165) is 28.2 Å². The number of morpholine rings is 1. The van der Waals surface area contributed by atoms with E-state index in [0.29, 0.717) is 31.8 Å². The van der Waals surface area contributed by atoms with E-state index in [2.05, 4.69) is 15.0 Å². The van der Waals surface area contributed by atoms with Crippen LogP contribution in [0.1, 0.15) is 44.8 Å². The summed E-state index contributed by atoms with van der Waals surface area (Å²) in [5.41, 5.74) is 4.64. The maximum atomic E-state index is 13.5. The van der Waals surface area contributed by atoms with Crippen molar-refractivity contribution in [2.75, 3.05) is 19.7 Å². The summed E-state index contributed by atoms with van der Waals surface area (Å²) < 4.78 is 19.4. The average molecular weight is 406 g/mol. The standard InChI is InChI=1S/C23H23FN4O2/c1-15-8-18(9-17-4-3-5-19(24)10-17)11-20(27-15)22-14-28(6-7-30-22)23(29)21-13-25-16(2)12-26-21/h3-5,8,10-13,22H,6-7,9,14H2,1-2H3/t22-/m0/s1. The molecule has 2 aromatic heterocycles. The first-order valence-corrected chi connectivity index (χ1v) is 9.89. The molecule has 0 bridgehead atoms. The van der Waals surface area contributed by atoms with E-state index in [1.54, 1.807) is 17.2 Å². The summed E-state index contributed by atoms with van der Waals surface area (Å²) >= 11 is 0. The summed E-state index contributed by atoms with van der Waals surface area (Å²) in [6.07, 6.45) is 3.37. The van der Waals surface area contributed by atoms with Gasteiger partial charge in [0.2, 0.25) is 0 Å². The first kappa shape index (κ1) is 20.1. The van der Waals surface area contributed by atoms with Crippen molar-refractivity contribution in [3.05, 3.63) is 88.5 Å². The highest BCUT2D eigenvalue weighted by Gasteiger charge is 2.28. The van der Waals surface area contributed by atoms with Crippen molar-refractivity contribution in [1.29, 1.82) is 0 Å². The van der Waals surface area contributed by atoms with Crippen LogP contribution in [0.15, 0.2) is 48.8 Å². The Balaban J connectivity index is 1.52. The van der Waals surface area contributed by atoms with Gasteiger partial charge in [0.15, 0.2) is 0 Å². The zero-order valence-corrected chi connectivity index (χ0v) is 17.0. The van der Waals surface area contributed by atoms with Crippen LogP contribution in [0.2, 0.25) is 0 Å². The second kappa shape index (κ2) is 8.67. The first-order chi connectivity index (χ1) is 14.5. The monoisotopic (exact) mass is 406 g/mol. The number of rotatable bonds is 4. The molecule has 154 valence electrons. The SMILES string of the molecule is Cc1cnc(C(=O)N2CCO[C@H](c3cc(Cc4cccc(F)c4)cc(C)n3)C2)cn1. The summed E-state index contributed by atoms with van der Waals surface area (Å²) in [6, 6.07) is 10.5. The molecule has 0 radical (unpaired) electrons. The van der Waals surface area contributed by atoms with E-state index < -0.39 is 0 Å². The summed E-state index contributed by atoms with van der Waals surface area (Å²) in [5.74, 6) is -0.411. The maximum absolute atomic E-state index is 13.5. The lowest BCUT2D eigenvalue weighted by molar-refractivity contribution is -0.0250. The van der Waals surface area contributed by atoms with Crippen LogP contribution in [0.25, 0.3) is 0 Å². The van der Waals surface area contributed by atoms with Gasteiger partial charge < -0.3 is 9.64 Å². The molecule has 3 heterocycles. The number of benzene rings is 1. The van der Waals surface area contributed by atoms with Crippen LogP contribution in [0.3, 0.4) is 0 Å². The van der Waals surface area contributed by atoms with Crippen LogP contribution in [0.4, 0.5) is 4.39 Å². The van der Waals surface area contributed by atoms with E-state index in [1.807, 2.05) is 32.0 Å². The maximum Gasteiger partial charge on any atom is 0.274 e. The van der Waals surface area contributed by atoms with Gasteiger partial charge in [-0.2, -0.15) is 0 Å². The number of amides is 1. The average Bonchev–Trinajstić information content (AvgIpc) is 2.73. The van der Waals surface area contributed by atoms with Crippen LogP contribution in [-0.4, -0.2) is 45.5 Å². The lowest BCUT2D eigenvalue weighted by Gasteiger charge is -2.32. The van der Waals surface area contributed by atoms with Crippen LogP contribution in [0.5, 0.6) is 0 Å². The van der Waals surface area contributed by atoms with Gasteiger partial charge in [0.25, 0.3) is 5.91 Å². The van der Waals surface area contributed by atoms with Gasteiger partial charge in [0.1, 0.15) is 17.6 Å². The summed E-state index contributed by atoms with van der Waals surface area (Å²) in [6.45, 7) is 5.06. The summed E-state index contributed by atoms with van der Waals surface area (Å²) in [7, 11) is 0. The Morgan fingerprint density at radius 2 is 2.00 bits per heavy atom. The number of hydrogen-bond donors (Lipinski definition) is 0. The largest absolute Gasteiger partial charge is 0.368 e. The molecular weight excluding hydrogens is 383 g/mol. The molecule has 0 aliphatic carbocycles. The molecular formula is C23H23FN4O2. The fraction of sp³-hybridized carbons (Fsp3) is 0.304. The van der Waals surface area contributed by atoms with Crippen LogP contribution < -0.4 is 0 Å². The Bertz CT molecular complexity index is 1060. The van der Waals surface area contributed by atoms with Crippen molar-refractivity contribution < 1.29 is 13.9 Å². The fourth-order valence-corrected chi connectivity index (χ4v) is 3.60. The number of pyridine rings is 1. The normalized spacial score (nSPS) is 16.5. The minimum Gasteiger partial charge on any atom is -0.368 e. The lowest BCUT2D eigenvalue weighted by atomic mass is 10.0. The van der Waals surface area contributed by atoms with Gasteiger partial charge >= 0.3 is 0 Å². The lowest BCUT2D eigenvalue weighted by Crippen LogP contribution is -2.42. The van der Waals surface area contributed by atoms with Crippen molar-refractivity contribution in [1.82, 2.24) is 19.9 Å². The second-order valence-electron chi connectivity index (χ2n) is 7.50. The number of hydrogen-bond acceptors (Lipinski definition) is 5. The van der Waals surface area contributed by atoms with E-state index in [-0.39, 0.29) is 17.8 Å². The quantitative estimate of drug-likeness (QED) is 0.664. The number of aryl methyl sites for hydroxylation is 2. The van der Waals surface area contributed by atoms with E-state index in [4.69, 9.17) is 4.74 Å². The molecule has 1 atom stereocenters. The number of ether oxygens (including phenoxy) is 1. The number of carbonyl (C=O) groups excluding carboxylic acids is 1. The van der Waals surface area contributed by atoms with E-state index >= 15 is 0 Å². The Kier molecular flexibility index (Phi) is 5.81. The highest BCUT2D eigenvalue weighted by atomic mass is 19.1. The summed E-state index contributed by atoms with van der Waals surface area (Å²) in [4.78, 5) is 27.5. The molecule has 0 saturated carbocycles. The molecule has 1 aromatic carbocycles. The van der Waals surface area contributed by atoms with Crippen molar-refractivity contribution >= 4 is 5.91 Å². The molecule has 4 rings (SSSR count). The molecule has 1 aliphatic heterocycles. The number of halogens is 1. The van der Waals surface area contributed by atoms with Gasteiger partial charge in [-0.15, -0.1) is 0 Å². The van der Waals surface area contributed by atoms with Gasteiger partial charge in [-0.3, -0.25) is 14.8 Å². The molecule has 30 heavy (non-hydrogen) atoms. The second-order valence-corrected chi connectivity index (χ2v) is 7.50. The van der Waals surface area contributed by atoms with Crippen molar-refractivity contribution in [2.45, 2.75) is 26.4 Å². The van der Waals surface area contributed by atoms with Gasteiger partial charge in [-0.05, 0) is 55.7 Å². The smallest absolute Gasteiger partial charge is 0.274 e. The third kappa shape index (κ3) is 4.68. The minimum absolute atomic E-state index is 0.163. The van der Waals surface area contributed by atoms with Crippen molar-refractivity contribution in [3.63, 3.8) is 0 Å². The van der Waals surface area contributed by atoms with Crippen molar-refractivity contribution in [2.24, 2.45) is 0 Å². The number of carbonyl (C=O) groups is 1. The molecule has 1 saturated heterocycles. The first-order valence-electron chi connectivity index (χ1n) is 9.89. The highest BCUT2D eigenvalue weighted by Crippen LogP contribution is 2.24. The minimum atomic E-state index is -0.327. The van der Waals surface area contributed by atoms with Gasteiger partial charge in [-0.1, -0.05) is 12.1 Å². The molecule has 0 spiro atoms. The fourth-order valence-electron chi connectivity index (χ4n) is 3.60. The highest BCUT2D eigenvalue weighted by molar-refractivity contribution is 5.92. The third-order valence-electron chi connectivity index (χ3n) is 5.01. The van der Waals surface area contributed by atoms with Crippen LogP contribution in [-0.2, 0) is 11.2 Å². The van der Waals surface area contributed by atoms with Gasteiger partial charge in [0.05, 0.1) is 30.7 Å². The third-order valence-corrected chi connectivity index (χ3v) is 5.01. The molecule has 3 aromatic rings.